The van der Waals surface area contributed by atoms with Crippen LogP contribution in [0.25, 0.3) is 11.1 Å². The van der Waals surface area contributed by atoms with Crippen LogP contribution < -0.4 is 0 Å². The van der Waals surface area contributed by atoms with Crippen LogP contribution in [0.2, 0.25) is 0 Å². The molecule has 0 aromatic heterocycles. The first-order valence-corrected chi connectivity index (χ1v) is 5.13. The van der Waals surface area contributed by atoms with E-state index in [0.29, 0.717) is 23.0 Å². The quantitative estimate of drug-likeness (QED) is 0.720. The molecule has 0 aliphatic heterocycles. The first kappa shape index (κ1) is 11.5. The van der Waals surface area contributed by atoms with Crippen molar-refractivity contribution < 1.29 is 13.6 Å². The summed E-state index contributed by atoms with van der Waals surface area (Å²) in [6, 6.07) is 8.51. The van der Waals surface area contributed by atoms with Crippen molar-refractivity contribution in [1.29, 1.82) is 0 Å². The number of carbonyl (C=O) groups is 1. The van der Waals surface area contributed by atoms with E-state index in [1.807, 2.05) is 0 Å². The van der Waals surface area contributed by atoms with Gasteiger partial charge in [0.05, 0.1) is 0 Å². The topological polar surface area (TPSA) is 17.1 Å². The summed E-state index contributed by atoms with van der Waals surface area (Å²) in [5.74, 6) is -0.766. The van der Waals surface area contributed by atoms with Gasteiger partial charge in [0.1, 0.15) is 11.6 Å². The molecule has 0 atom stereocenters. The first-order chi connectivity index (χ1) is 8.11. The molecule has 0 N–H and O–H groups in total. The fourth-order valence-electron chi connectivity index (χ4n) is 1.71. The largest absolute Gasteiger partial charge is 0.298 e. The summed E-state index contributed by atoms with van der Waals surface area (Å²) in [4.78, 5) is 10.9. The highest BCUT2D eigenvalue weighted by Crippen LogP contribution is 2.25. The van der Waals surface area contributed by atoms with Gasteiger partial charge in [0.2, 0.25) is 0 Å². The minimum Gasteiger partial charge on any atom is -0.298 e. The van der Waals surface area contributed by atoms with Crippen molar-refractivity contribution >= 4 is 6.29 Å². The van der Waals surface area contributed by atoms with Gasteiger partial charge < -0.3 is 0 Å². The van der Waals surface area contributed by atoms with Gasteiger partial charge in [-0.25, -0.2) is 8.78 Å². The summed E-state index contributed by atoms with van der Waals surface area (Å²) in [5.41, 5.74) is 2.05. The summed E-state index contributed by atoms with van der Waals surface area (Å²) < 4.78 is 26.1. The molecule has 0 unspecified atom stereocenters. The molecule has 17 heavy (non-hydrogen) atoms. The van der Waals surface area contributed by atoms with Gasteiger partial charge in [-0.15, -0.1) is 0 Å². The molecular weight excluding hydrogens is 222 g/mol. The lowest BCUT2D eigenvalue weighted by atomic mass is 9.99. The average molecular weight is 232 g/mol. The van der Waals surface area contributed by atoms with Crippen LogP contribution in [-0.2, 0) is 0 Å². The number of aldehydes is 1. The molecule has 2 rings (SSSR count). The van der Waals surface area contributed by atoms with Gasteiger partial charge >= 0.3 is 0 Å². The molecular formula is C14H10F2O. The summed E-state index contributed by atoms with van der Waals surface area (Å²) in [5, 5.41) is 0. The van der Waals surface area contributed by atoms with E-state index in [4.69, 9.17) is 0 Å². The zero-order valence-electron chi connectivity index (χ0n) is 9.21. The molecule has 0 bridgehead atoms. The van der Waals surface area contributed by atoms with Crippen molar-refractivity contribution in [3.05, 3.63) is 59.2 Å². The molecule has 0 aliphatic carbocycles. The monoisotopic (exact) mass is 232 g/mol. The maximum Gasteiger partial charge on any atom is 0.150 e. The van der Waals surface area contributed by atoms with Crippen molar-refractivity contribution in [2.24, 2.45) is 0 Å². The molecule has 0 heterocycles. The molecule has 0 amide bonds. The summed E-state index contributed by atoms with van der Waals surface area (Å²) in [7, 11) is 0. The third kappa shape index (κ3) is 2.23. The van der Waals surface area contributed by atoms with Gasteiger partial charge in [-0.2, -0.15) is 0 Å². The Kier molecular flexibility index (Phi) is 3.00. The average Bonchev–Trinajstić information content (AvgIpc) is 2.32. The van der Waals surface area contributed by atoms with Crippen molar-refractivity contribution in [3.63, 3.8) is 0 Å². The SMILES string of the molecule is Cc1cc(-c2ccc(F)cc2C=O)ccc1F. The van der Waals surface area contributed by atoms with Gasteiger partial charge in [-0.05, 0) is 47.9 Å². The van der Waals surface area contributed by atoms with E-state index >= 15 is 0 Å². The van der Waals surface area contributed by atoms with Gasteiger partial charge in [0.25, 0.3) is 0 Å². The number of rotatable bonds is 2. The number of hydrogen-bond acceptors (Lipinski definition) is 1. The lowest BCUT2D eigenvalue weighted by Crippen LogP contribution is -1.91. The van der Waals surface area contributed by atoms with Crippen LogP contribution in [0.1, 0.15) is 15.9 Å². The fraction of sp³-hybridized carbons (Fsp3) is 0.0714. The molecule has 3 heteroatoms. The van der Waals surface area contributed by atoms with Gasteiger partial charge in [-0.3, -0.25) is 4.79 Å². The second-order valence-corrected chi connectivity index (χ2v) is 3.81. The third-order valence-corrected chi connectivity index (χ3v) is 2.61. The van der Waals surface area contributed by atoms with E-state index < -0.39 is 5.82 Å². The van der Waals surface area contributed by atoms with Crippen molar-refractivity contribution in [3.8, 4) is 11.1 Å². The van der Waals surface area contributed by atoms with Crippen LogP contribution in [0, 0.1) is 18.6 Å². The van der Waals surface area contributed by atoms with Crippen LogP contribution in [0.4, 0.5) is 8.78 Å². The van der Waals surface area contributed by atoms with Gasteiger partial charge in [0, 0.05) is 5.56 Å². The zero-order chi connectivity index (χ0) is 12.4. The van der Waals surface area contributed by atoms with E-state index in [-0.39, 0.29) is 11.4 Å². The van der Waals surface area contributed by atoms with Crippen LogP contribution >= 0.6 is 0 Å². The number of halogens is 2. The number of benzene rings is 2. The third-order valence-electron chi connectivity index (χ3n) is 2.61. The van der Waals surface area contributed by atoms with E-state index in [1.165, 1.54) is 24.3 Å². The van der Waals surface area contributed by atoms with Crippen molar-refractivity contribution in [2.45, 2.75) is 6.92 Å². The normalized spacial score (nSPS) is 10.3. The van der Waals surface area contributed by atoms with Crippen molar-refractivity contribution in [2.75, 3.05) is 0 Å². The highest BCUT2D eigenvalue weighted by atomic mass is 19.1. The molecule has 1 nitrogen and oxygen atoms in total. The maximum atomic E-state index is 13.1. The zero-order valence-corrected chi connectivity index (χ0v) is 9.21. The molecule has 0 fully saturated rings. The minimum atomic E-state index is -0.463. The highest BCUT2D eigenvalue weighted by molar-refractivity contribution is 5.87. The fourth-order valence-corrected chi connectivity index (χ4v) is 1.71. The van der Waals surface area contributed by atoms with E-state index in [2.05, 4.69) is 0 Å². The number of carbonyl (C=O) groups excluding carboxylic acids is 1. The molecule has 2 aromatic carbocycles. The number of hydrogen-bond donors (Lipinski definition) is 0. The first-order valence-electron chi connectivity index (χ1n) is 5.13. The van der Waals surface area contributed by atoms with E-state index in [0.717, 1.165) is 0 Å². The standard InChI is InChI=1S/C14H10F2O/c1-9-6-10(2-5-14(9)16)13-4-3-12(15)7-11(13)8-17/h2-8H,1H3. The second kappa shape index (κ2) is 4.45. The van der Waals surface area contributed by atoms with Crippen LogP contribution in [0.5, 0.6) is 0 Å². The Morgan fingerprint density at radius 3 is 2.47 bits per heavy atom. The van der Waals surface area contributed by atoms with Crippen LogP contribution in [0.15, 0.2) is 36.4 Å². The smallest absolute Gasteiger partial charge is 0.150 e. The Labute approximate surface area is 97.7 Å². The predicted molar refractivity (Wildman–Crippen MR) is 61.9 cm³/mol. The summed E-state index contributed by atoms with van der Waals surface area (Å²) in [6.45, 7) is 1.64. The van der Waals surface area contributed by atoms with Gasteiger partial charge in [0.15, 0.2) is 6.29 Å². The Balaban J connectivity index is 2.59. The Morgan fingerprint density at radius 2 is 1.82 bits per heavy atom. The number of aryl methyl sites for hydroxylation is 1. The van der Waals surface area contributed by atoms with E-state index in [1.54, 1.807) is 19.1 Å². The summed E-state index contributed by atoms with van der Waals surface area (Å²) in [6.07, 6.45) is 0.594. The van der Waals surface area contributed by atoms with Gasteiger partial charge in [-0.1, -0.05) is 12.1 Å². The maximum absolute atomic E-state index is 13.1. The Bertz CT molecular complexity index is 576. The predicted octanol–water partition coefficient (Wildman–Crippen LogP) is 3.75. The Hall–Kier alpha value is -2.03. The molecule has 0 saturated carbocycles. The molecule has 0 spiro atoms. The lowest BCUT2D eigenvalue weighted by Gasteiger charge is -2.06. The van der Waals surface area contributed by atoms with E-state index in [9.17, 15) is 13.6 Å². The molecule has 0 aliphatic rings. The van der Waals surface area contributed by atoms with Crippen LogP contribution in [0.3, 0.4) is 0 Å². The molecule has 0 saturated heterocycles. The molecule has 0 radical (unpaired) electrons. The summed E-state index contributed by atoms with van der Waals surface area (Å²) >= 11 is 0. The highest BCUT2D eigenvalue weighted by Gasteiger charge is 2.07. The Morgan fingerprint density at radius 1 is 1.06 bits per heavy atom. The van der Waals surface area contributed by atoms with Crippen LogP contribution in [-0.4, -0.2) is 6.29 Å². The molecule has 2 aromatic rings. The second-order valence-electron chi connectivity index (χ2n) is 3.81. The van der Waals surface area contributed by atoms with Crippen molar-refractivity contribution in [1.82, 2.24) is 0 Å². The molecule has 86 valence electrons. The lowest BCUT2D eigenvalue weighted by molar-refractivity contribution is 0.112. The minimum absolute atomic E-state index is 0.260.